The van der Waals surface area contributed by atoms with Crippen LogP contribution in [0.3, 0.4) is 0 Å². The van der Waals surface area contributed by atoms with Gasteiger partial charge in [0.2, 0.25) is 5.91 Å². The van der Waals surface area contributed by atoms with E-state index in [1.165, 1.54) is 24.3 Å². The molecule has 0 unspecified atom stereocenters. The Kier molecular flexibility index (Phi) is 7.54. The Labute approximate surface area is 147 Å². The van der Waals surface area contributed by atoms with Gasteiger partial charge in [0.1, 0.15) is 11.6 Å². The first-order chi connectivity index (χ1) is 12.1. The van der Waals surface area contributed by atoms with Crippen LogP contribution in [0.2, 0.25) is 0 Å². The molecule has 2 aromatic rings. The van der Waals surface area contributed by atoms with Crippen LogP contribution in [-0.2, 0) is 4.79 Å². The Bertz CT molecular complexity index is 611. The molecule has 2 aromatic carbocycles. The van der Waals surface area contributed by atoms with E-state index >= 15 is 0 Å². The van der Waals surface area contributed by atoms with Crippen LogP contribution in [0.1, 0.15) is 49.3 Å². The van der Waals surface area contributed by atoms with E-state index in [0.717, 1.165) is 36.8 Å². The van der Waals surface area contributed by atoms with E-state index in [-0.39, 0.29) is 17.5 Å². The van der Waals surface area contributed by atoms with Crippen LogP contribution in [0.4, 0.5) is 8.78 Å². The number of carbonyl (C=O) groups is 1. The lowest BCUT2D eigenvalue weighted by molar-refractivity contribution is -0.121. The summed E-state index contributed by atoms with van der Waals surface area (Å²) in [4.78, 5) is 12.3. The van der Waals surface area contributed by atoms with Crippen molar-refractivity contribution in [3.63, 3.8) is 0 Å². The number of nitrogens with two attached hydrogens (primary N) is 1. The molecule has 3 nitrogen and oxygen atoms in total. The van der Waals surface area contributed by atoms with Gasteiger partial charge in [-0.2, -0.15) is 0 Å². The number of unbranched alkanes of at least 4 members (excludes halogenated alkanes) is 3. The molecular formula is C20H24F2N2O. The molecule has 3 N–H and O–H groups in total. The van der Waals surface area contributed by atoms with Crippen LogP contribution < -0.4 is 11.1 Å². The lowest BCUT2D eigenvalue weighted by Gasteiger charge is -2.20. The number of nitrogens with one attached hydrogen (secondary N) is 1. The fourth-order valence-corrected chi connectivity index (χ4v) is 2.69. The topological polar surface area (TPSA) is 55.1 Å². The molecular weight excluding hydrogens is 322 g/mol. The van der Waals surface area contributed by atoms with Crippen LogP contribution in [0.15, 0.2) is 48.5 Å². The summed E-state index contributed by atoms with van der Waals surface area (Å²) >= 11 is 0. The largest absolute Gasteiger partial charge is 0.345 e. The third kappa shape index (κ3) is 6.27. The number of rotatable bonds is 9. The molecule has 0 aromatic heterocycles. The Morgan fingerprint density at radius 3 is 1.80 bits per heavy atom. The molecule has 25 heavy (non-hydrogen) atoms. The quantitative estimate of drug-likeness (QED) is 0.672. The number of benzene rings is 2. The van der Waals surface area contributed by atoms with E-state index < -0.39 is 6.04 Å². The van der Waals surface area contributed by atoms with Gasteiger partial charge in [-0.15, -0.1) is 0 Å². The average Bonchev–Trinajstić information content (AvgIpc) is 2.61. The molecule has 0 bridgehead atoms. The minimum absolute atomic E-state index is 0.0774. The first-order valence-corrected chi connectivity index (χ1v) is 8.60. The zero-order chi connectivity index (χ0) is 18.1. The summed E-state index contributed by atoms with van der Waals surface area (Å²) in [5.41, 5.74) is 6.96. The van der Waals surface area contributed by atoms with Crippen molar-refractivity contribution in [3.8, 4) is 0 Å². The molecule has 0 saturated heterocycles. The van der Waals surface area contributed by atoms with Crippen molar-refractivity contribution in [2.75, 3.05) is 6.54 Å². The first kappa shape index (κ1) is 19.1. The monoisotopic (exact) mass is 346 g/mol. The van der Waals surface area contributed by atoms with Gasteiger partial charge in [-0.25, -0.2) is 8.78 Å². The Hall–Kier alpha value is -2.27. The number of hydrogen-bond donors (Lipinski definition) is 2. The highest BCUT2D eigenvalue weighted by Crippen LogP contribution is 2.23. The molecule has 0 heterocycles. The van der Waals surface area contributed by atoms with Gasteiger partial charge in [0.25, 0.3) is 0 Å². The van der Waals surface area contributed by atoms with E-state index in [0.29, 0.717) is 13.0 Å². The summed E-state index contributed by atoms with van der Waals surface area (Å²) in [6.07, 6.45) is 4.16. The third-order valence-electron chi connectivity index (χ3n) is 4.07. The first-order valence-electron chi connectivity index (χ1n) is 8.60. The standard InChI is InChI=1S/C20H24F2N2O/c21-17-10-6-15(7-11-17)20(16-8-12-18(22)13-9-16)24-19(25)5-3-1-2-4-14-23/h6-13,20H,1-5,14,23H2,(H,24,25). The Balaban J connectivity index is 2.05. The Morgan fingerprint density at radius 1 is 0.840 bits per heavy atom. The summed E-state index contributed by atoms with van der Waals surface area (Å²) in [6.45, 7) is 0.670. The van der Waals surface area contributed by atoms with Crippen molar-refractivity contribution in [3.05, 3.63) is 71.3 Å². The highest BCUT2D eigenvalue weighted by Gasteiger charge is 2.17. The van der Waals surface area contributed by atoms with Crippen molar-refractivity contribution in [1.82, 2.24) is 5.32 Å². The summed E-state index contributed by atoms with van der Waals surface area (Å²) < 4.78 is 26.4. The van der Waals surface area contributed by atoms with Gasteiger partial charge in [-0.3, -0.25) is 4.79 Å². The average molecular weight is 346 g/mol. The zero-order valence-corrected chi connectivity index (χ0v) is 14.2. The van der Waals surface area contributed by atoms with Crippen molar-refractivity contribution in [2.24, 2.45) is 5.73 Å². The minimum Gasteiger partial charge on any atom is -0.345 e. The molecule has 0 radical (unpaired) electrons. The maximum Gasteiger partial charge on any atom is 0.220 e. The van der Waals surface area contributed by atoms with Gasteiger partial charge < -0.3 is 11.1 Å². The van der Waals surface area contributed by atoms with Crippen molar-refractivity contribution in [2.45, 2.75) is 38.1 Å². The summed E-state index contributed by atoms with van der Waals surface area (Å²) in [7, 11) is 0. The third-order valence-corrected chi connectivity index (χ3v) is 4.07. The van der Waals surface area contributed by atoms with E-state index in [9.17, 15) is 13.6 Å². The predicted molar refractivity (Wildman–Crippen MR) is 94.9 cm³/mol. The summed E-state index contributed by atoms with van der Waals surface area (Å²) in [5.74, 6) is -0.757. The molecule has 0 aliphatic carbocycles. The van der Waals surface area contributed by atoms with Crippen molar-refractivity contribution in [1.29, 1.82) is 0 Å². The fourth-order valence-electron chi connectivity index (χ4n) is 2.69. The molecule has 0 saturated carbocycles. The summed E-state index contributed by atoms with van der Waals surface area (Å²) in [5, 5.41) is 2.97. The maximum absolute atomic E-state index is 13.2. The molecule has 0 spiro atoms. The van der Waals surface area contributed by atoms with Crippen LogP contribution in [0, 0.1) is 11.6 Å². The number of amides is 1. The summed E-state index contributed by atoms with van der Waals surface area (Å²) in [6, 6.07) is 11.5. The second-order valence-corrected chi connectivity index (χ2v) is 6.06. The molecule has 0 atom stereocenters. The molecule has 5 heteroatoms. The van der Waals surface area contributed by atoms with E-state index in [4.69, 9.17) is 5.73 Å². The normalized spacial score (nSPS) is 10.9. The molecule has 0 aliphatic rings. The fraction of sp³-hybridized carbons (Fsp3) is 0.350. The van der Waals surface area contributed by atoms with Crippen LogP contribution in [0.5, 0.6) is 0 Å². The van der Waals surface area contributed by atoms with Gasteiger partial charge in [-0.1, -0.05) is 37.1 Å². The van der Waals surface area contributed by atoms with E-state index in [2.05, 4.69) is 5.32 Å². The van der Waals surface area contributed by atoms with Gasteiger partial charge in [0.15, 0.2) is 0 Å². The molecule has 2 rings (SSSR count). The van der Waals surface area contributed by atoms with Crippen molar-refractivity contribution >= 4 is 5.91 Å². The minimum atomic E-state index is -0.433. The second-order valence-electron chi connectivity index (χ2n) is 6.06. The van der Waals surface area contributed by atoms with E-state index in [1.807, 2.05) is 0 Å². The number of carbonyl (C=O) groups excluding carboxylic acids is 1. The highest BCUT2D eigenvalue weighted by atomic mass is 19.1. The van der Waals surface area contributed by atoms with Gasteiger partial charge in [0.05, 0.1) is 6.04 Å². The van der Waals surface area contributed by atoms with Crippen LogP contribution in [-0.4, -0.2) is 12.5 Å². The molecule has 0 aliphatic heterocycles. The predicted octanol–water partition coefficient (Wildman–Crippen LogP) is 4.08. The highest BCUT2D eigenvalue weighted by molar-refractivity contribution is 5.77. The van der Waals surface area contributed by atoms with Crippen LogP contribution >= 0.6 is 0 Å². The second kappa shape index (κ2) is 9.89. The van der Waals surface area contributed by atoms with Crippen LogP contribution in [0.25, 0.3) is 0 Å². The van der Waals surface area contributed by atoms with Gasteiger partial charge in [0, 0.05) is 6.42 Å². The maximum atomic E-state index is 13.2. The van der Waals surface area contributed by atoms with Gasteiger partial charge >= 0.3 is 0 Å². The Morgan fingerprint density at radius 2 is 1.32 bits per heavy atom. The van der Waals surface area contributed by atoms with Crippen molar-refractivity contribution < 1.29 is 13.6 Å². The molecule has 1 amide bonds. The zero-order valence-electron chi connectivity index (χ0n) is 14.2. The number of halogens is 2. The molecule has 0 fully saturated rings. The smallest absolute Gasteiger partial charge is 0.220 e. The van der Waals surface area contributed by atoms with E-state index in [1.54, 1.807) is 24.3 Å². The lowest BCUT2D eigenvalue weighted by Crippen LogP contribution is -2.29. The lowest BCUT2D eigenvalue weighted by atomic mass is 9.98. The number of hydrogen-bond acceptors (Lipinski definition) is 2. The SMILES string of the molecule is NCCCCCCC(=O)NC(c1ccc(F)cc1)c1ccc(F)cc1. The van der Waals surface area contributed by atoms with Gasteiger partial charge in [-0.05, 0) is 54.8 Å². The molecule has 134 valence electrons.